The minimum Gasteiger partial charge on any atom is -0.467 e. The lowest BCUT2D eigenvalue weighted by Crippen LogP contribution is -2.60. The van der Waals surface area contributed by atoms with Gasteiger partial charge in [0.1, 0.15) is 18.7 Å². The number of nitrogens with one attached hydrogen (secondary N) is 1. The molecule has 1 aliphatic heterocycles. The lowest BCUT2D eigenvalue weighted by atomic mass is 10.1. The monoisotopic (exact) mass is 453 g/mol. The van der Waals surface area contributed by atoms with Gasteiger partial charge >= 0.3 is 12.1 Å². The molecule has 3 rings (SSSR count). The minimum absolute atomic E-state index is 0.0196. The number of benzene rings is 2. The van der Waals surface area contributed by atoms with E-state index >= 15 is 0 Å². The molecule has 0 aliphatic carbocycles. The quantitative estimate of drug-likeness (QED) is 0.502. The Balaban J connectivity index is 1.79. The molecule has 0 saturated carbocycles. The van der Waals surface area contributed by atoms with Crippen molar-refractivity contribution in [3.63, 3.8) is 0 Å². The lowest BCUT2D eigenvalue weighted by Gasteiger charge is -2.35. The molecule has 10 nitrogen and oxygen atoms in total. The molecule has 4 amide bonds. The second-order valence-electron chi connectivity index (χ2n) is 7.28. The molecule has 1 N–H and O–H groups in total. The second kappa shape index (κ2) is 9.94. The normalized spacial score (nSPS) is 14.2. The van der Waals surface area contributed by atoms with Crippen LogP contribution in [-0.4, -0.2) is 59.0 Å². The first-order chi connectivity index (χ1) is 15.8. The van der Waals surface area contributed by atoms with Crippen LogP contribution in [0.25, 0.3) is 0 Å². The largest absolute Gasteiger partial charge is 0.467 e. The smallest absolute Gasteiger partial charge is 0.408 e. The Bertz CT molecular complexity index is 1050. The molecule has 0 aromatic heterocycles. The fourth-order valence-corrected chi connectivity index (χ4v) is 3.31. The molecule has 0 bridgehead atoms. The first-order valence-electron chi connectivity index (χ1n) is 10.1. The van der Waals surface area contributed by atoms with E-state index in [1.165, 1.54) is 26.0 Å². The van der Waals surface area contributed by atoms with Gasteiger partial charge in [-0.25, -0.2) is 14.6 Å². The topological polar surface area (TPSA) is 122 Å². The third-order valence-corrected chi connectivity index (χ3v) is 5.04. The van der Waals surface area contributed by atoms with Crippen LogP contribution in [0.2, 0.25) is 0 Å². The number of ether oxygens (including phenoxy) is 2. The number of esters is 1. The van der Waals surface area contributed by atoms with Gasteiger partial charge in [0.25, 0.3) is 17.7 Å². The number of hydrogen-bond donors (Lipinski definition) is 1. The molecular formula is C23H23N3O7. The molecule has 10 heteroatoms. The zero-order valence-electron chi connectivity index (χ0n) is 18.3. The van der Waals surface area contributed by atoms with Gasteiger partial charge in [0.2, 0.25) is 0 Å². The number of hydrazine groups is 1. The van der Waals surface area contributed by atoms with Crippen LogP contribution in [0.1, 0.15) is 40.1 Å². The van der Waals surface area contributed by atoms with Crippen LogP contribution in [-0.2, 0) is 25.7 Å². The summed E-state index contributed by atoms with van der Waals surface area (Å²) in [6.45, 7) is 2.64. The molecule has 0 spiro atoms. The molecule has 33 heavy (non-hydrogen) atoms. The van der Waals surface area contributed by atoms with E-state index in [1.807, 2.05) is 6.07 Å². The SMILES string of the molecule is COC(=O)C(C)N(C(=O)C(C)NC(=O)OCc1ccccc1)N1C(=O)c2ccccc2C1=O. The average molecular weight is 453 g/mol. The van der Waals surface area contributed by atoms with Gasteiger partial charge in [-0.3, -0.25) is 14.4 Å². The first kappa shape index (κ1) is 23.5. The lowest BCUT2D eigenvalue weighted by molar-refractivity contribution is -0.162. The number of alkyl carbamates (subject to hydrolysis) is 1. The molecule has 2 unspecified atom stereocenters. The number of fused-ring (bicyclic) bond motifs is 1. The summed E-state index contributed by atoms with van der Waals surface area (Å²) >= 11 is 0. The Hall–Kier alpha value is -4.21. The molecular weight excluding hydrogens is 430 g/mol. The Morgan fingerprint density at radius 2 is 1.48 bits per heavy atom. The molecule has 172 valence electrons. The average Bonchev–Trinajstić information content (AvgIpc) is 3.08. The maximum absolute atomic E-state index is 13.2. The predicted molar refractivity (Wildman–Crippen MR) is 114 cm³/mol. The van der Waals surface area contributed by atoms with Crippen LogP contribution < -0.4 is 5.32 Å². The second-order valence-corrected chi connectivity index (χ2v) is 7.28. The maximum Gasteiger partial charge on any atom is 0.408 e. The van der Waals surface area contributed by atoms with E-state index in [2.05, 4.69) is 5.32 Å². The van der Waals surface area contributed by atoms with Crippen molar-refractivity contribution in [3.05, 3.63) is 71.3 Å². The third kappa shape index (κ3) is 4.84. The molecule has 0 fully saturated rings. The summed E-state index contributed by atoms with van der Waals surface area (Å²) in [5.41, 5.74) is 0.944. The molecule has 2 aromatic carbocycles. The summed E-state index contributed by atoms with van der Waals surface area (Å²) in [4.78, 5) is 63.5. The number of hydrogen-bond acceptors (Lipinski definition) is 7. The summed E-state index contributed by atoms with van der Waals surface area (Å²) in [5.74, 6) is -3.25. The van der Waals surface area contributed by atoms with E-state index < -0.39 is 41.9 Å². The summed E-state index contributed by atoms with van der Waals surface area (Å²) in [6, 6.07) is 12.4. The molecule has 2 atom stereocenters. The van der Waals surface area contributed by atoms with E-state index in [1.54, 1.807) is 36.4 Å². The Morgan fingerprint density at radius 1 is 0.939 bits per heavy atom. The van der Waals surface area contributed by atoms with Crippen LogP contribution in [0, 0.1) is 0 Å². The Kier molecular flexibility index (Phi) is 7.07. The highest BCUT2D eigenvalue weighted by Gasteiger charge is 2.46. The summed E-state index contributed by atoms with van der Waals surface area (Å²) in [7, 11) is 1.12. The van der Waals surface area contributed by atoms with Gasteiger partial charge in [0.15, 0.2) is 0 Å². The molecule has 2 aromatic rings. The van der Waals surface area contributed by atoms with E-state index in [0.29, 0.717) is 10.0 Å². The first-order valence-corrected chi connectivity index (χ1v) is 10.1. The number of carbonyl (C=O) groups is 5. The molecule has 1 heterocycles. The van der Waals surface area contributed by atoms with Crippen molar-refractivity contribution in [2.75, 3.05) is 7.11 Å². The standard InChI is InChI=1S/C23H23N3O7/c1-14(24-23(31)33-13-16-9-5-4-6-10-16)19(27)25(15(2)22(30)32-3)26-20(28)17-11-7-8-12-18(17)21(26)29/h4-12,14-15H,13H2,1-3H3,(H,24,31). The van der Waals surface area contributed by atoms with E-state index in [4.69, 9.17) is 9.47 Å². The maximum atomic E-state index is 13.2. The number of nitrogens with zero attached hydrogens (tertiary/aromatic N) is 2. The number of carbonyl (C=O) groups excluding carboxylic acids is 5. The van der Waals surface area contributed by atoms with Crippen molar-refractivity contribution in [1.82, 2.24) is 15.3 Å². The minimum atomic E-state index is -1.32. The van der Waals surface area contributed by atoms with Crippen molar-refractivity contribution < 1.29 is 33.4 Å². The number of methoxy groups -OCH3 is 1. The highest BCUT2D eigenvalue weighted by Crippen LogP contribution is 2.26. The van der Waals surface area contributed by atoms with Gasteiger partial charge < -0.3 is 14.8 Å². The van der Waals surface area contributed by atoms with Crippen LogP contribution in [0.15, 0.2) is 54.6 Å². The predicted octanol–water partition coefficient (Wildman–Crippen LogP) is 1.90. The number of rotatable bonds is 7. The zero-order chi connectivity index (χ0) is 24.1. The molecule has 0 saturated heterocycles. The summed E-state index contributed by atoms with van der Waals surface area (Å²) in [5, 5.41) is 3.67. The van der Waals surface area contributed by atoms with E-state index in [-0.39, 0.29) is 17.7 Å². The van der Waals surface area contributed by atoms with Crippen LogP contribution in [0.3, 0.4) is 0 Å². The van der Waals surface area contributed by atoms with Crippen molar-refractivity contribution in [2.45, 2.75) is 32.5 Å². The van der Waals surface area contributed by atoms with Crippen molar-refractivity contribution in [1.29, 1.82) is 0 Å². The molecule has 0 radical (unpaired) electrons. The third-order valence-electron chi connectivity index (χ3n) is 5.04. The van der Waals surface area contributed by atoms with E-state index in [9.17, 15) is 24.0 Å². The van der Waals surface area contributed by atoms with Gasteiger partial charge in [0.05, 0.1) is 18.2 Å². The van der Waals surface area contributed by atoms with Gasteiger partial charge in [-0.05, 0) is 31.5 Å². The number of imide groups is 1. The van der Waals surface area contributed by atoms with Gasteiger partial charge in [-0.1, -0.05) is 42.5 Å². The Labute approximate surface area is 190 Å². The van der Waals surface area contributed by atoms with Crippen molar-refractivity contribution in [2.24, 2.45) is 0 Å². The summed E-state index contributed by atoms with van der Waals surface area (Å²) < 4.78 is 9.82. The summed E-state index contributed by atoms with van der Waals surface area (Å²) in [6.07, 6.45) is -0.882. The van der Waals surface area contributed by atoms with Crippen LogP contribution in [0.5, 0.6) is 0 Å². The van der Waals surface area contributed by atoms with E-state index in [0.717, 1.165) is 12.7 Å². The van der Waals surface area contributed by atoms with Crippen LogP contribution in [0.4, 0.5) is 4.79 Å². The van der Waals surface area contributed by atoms with Gasteiger partial charge in [-0.15, -0.1) is 0 Å². The highest BCUT2D eigenvalue weighted by molar-refractivity contribution is 6.22. The van der Waals surface area contributed by atoms with Crippen molar-refractivity contribution in [3.8, 4) is 0 Å². The van der Waals surface area contributed by atoms with Gasteiger partial charge in [-0.2, -0.15) is 5.01 Å². The zero-order valence-corrected chi connectivity index (χ0v) is 18.3. The fraction of sp³-hybridized carbons (Fsp3) is 0.261. The fourth-order valence-electron chi connectivity index (χ4n) is 3.31. The van der Waals surface area contributed by atoms with Crippen molar-refractivity contribution >= 4 is 29.8 Å². The number of amides is 4. The highest BCUT2D eigenvalue weighted by atomic mass is 16.5. The van der Waals surface area contributed by atoms with Gasteiger partial charge in [0, 0.05) is 0 Å². The molecule has 1 aliphatic rings. The van der Waals surface area contributed by atoms with Crippen LogP contribution >= 0.6 is 0 Å². The Morgan fingerprint density at radius 3 is 2.03 bits per heavy atom.